The van der Waals surface area contributed by atoms with Gasteiger partial charge in [0.1, 0.15) is 11.9 Å². The number of H-pyrrole nitrogens is 1. The first-order chi connectivity index (χ1) is 7.25. The summed E-state index contributed by atoms with van der Waals surface area (Å²) < 4.78 is 5.34. The highest BCUT2D eigenvalue weighted by molar-refractivity contribution is 5.92. The Bertz CT molecular complexity index is 344. The van der Waals surface area contributed by atoms with Gasteiger partial charge in [0, 0.05) is 6.61 Å². The molecule has 1 aliphatic rings. The van der Waals surface area contributed by atoms with Crippen LogP contribution in [0.25, 0.3) is 0 Å². The van der Waals surface area contributed by atoms with E-state index >= 15 is 0 Å². The molecule has 15 heavy (non-hydrogen) atoms. The van der Waals surface area contributed by atoms with Crippen molar-refractivity contribution in [2.24, 2.45) is 0 Å². The zero-order chi connectivity index (χ0) is 10.7. The number of anilines is 1. The molecule has 6 heteroatoms. The van der Waals surface area contributed by atoms with Crippen molar-refractivity contribution in [3.05, 3.63) is 5.82 Å². The molecule has 2 heterocycles. The average molecular weight is 210 g/mol. The second-order valence-electron chi connectivity index (χ2n) is 3.59. The third kappa shape index (κ3) is 2.53. The zero-order valence-electron chi connectivity index (χ0n) is 8.62. The van der Waals surface area contributed by atoms with E-state index in [4.69, 9.17) is 4.74 Å². The summed E-state index contributed by atoms with van der Waals surface area (Å²) in [7, 11) is 0. The number of rotatable bonds is 2. The van der Waals surface area contributed by atoms with Gasteiger partial charge in [-0.05, 0) is 26.2 Å². The van der Waals surface area contributed by atoms with Gasteiger partial charge in [-0.15, -0.1) is 5.10 Å². The van der Waals surface area contributed by atoms with Crippen LogP contribution in [-0.2, 0) is 9.53 Å². The Balaban J connectivity index is 1.91. The van der Waals surface area contributed by atoms with E-state index in [0.717, 1.165) is 19.3 Å². The van der Waals surface area contributed by atoms with Crippen molar-refractivity contribution in [2.75, 3.05) is 11.9 Å². The van der Waals surface area contributed by atoms with Gasteiger partial charge in [0.05, 0.1) is 0 Å². The molecule has 0 spiro atoms. The predicted octanol–water partition coefficient (Wildman–Crippen LogP) is 0.621. The molecule has 1 unspecified atom stereocenters. The Morgan fingerprint density at radius 2 is 2.47 bits per heavy atom. The number of carbonyl (C=O) groups excluding carboxylic acids is 1. The minimum Gasteiger partial charge on any atom is -0.368 e. The summed E-state index contributed by atoms with van der Waals surface area (Å²) in [5.41, 5.74) is 0. The van der Waals surface area contributed by atoms with Crippen LogP contribution in [0, 0.1) is 6.92 Å². The van der Waals surface area contributed by atoms with Crippen LogP contribution in [-0.4, -0.2) is 33.8 Å². The van der Waals surface area contributed by atoms with E-state index in [2.05, 4.69) is 20.5 Å². The summed E-state index contributed by atoms with van der Waals surface area (Å²) in [6.45, 7) is 2.44. The van der Waals surface area contributed by atoms with Crippen LogP contribution < -0.4 is 5.32 Å². The molecule has 0 bridgehead atoms. The lowest BCUT2D eigenvalue weighted by atomic mass is 10.1. The van der Waals surface area contributed by atoms with Crippen molar-refractivity contribution < 1.29 is 9.53 Å². The van der Waals surface area contributed by atoms with Gasteiger partial charge in [-0.1, -0.05) is 0 Å². The molecule has 6 nitrogen and oxygen atoms in total. The van der Waals surface area contributed by atoms with E-state index in [1.165, 1.54) is 0 Å². The molecule has 1 aromatic heterocycles. The van der Waals surface area contributed by atoms with E-state index in [9.17, 15) is 4.79 Å². The molecule has 1 fully saturated rings. The van der Waals surface area contributed by atoms with Crippen LogP contribution in [0.4, 0.5) is 5.95 Å². The van der Waals surface area contributed by atoms with Gasteiger partial charge in [-0.2, -0.15) is 4.98 Å². The molecule has 1 saturated heterocycles. The van der Waals surface area contributed by atoms with Crippen LogP contribution in [0.15, 0.2) is 0 Å². The first kappa shape index (κ1) is 10.1. The van der Waals surface area contributed by atoms with E-state index in [-0.39, 0.29) is 12.0 Å². The Morgan fingerprint density at radius 1 is 1.60 bits per heavy atom. The van der Waals surface area contributed by atoms with Crippen molar-refractivity contribution in [2.45, 2.75) is 32.3 Å². The number of carbonyl (C=O) groups is 1. The second kappa shape index (κ2) is 4.39. The van der Waals surface area contributed by atoms with Crippen molar-refractivity contribution in [3.63, 3.8) is 0 Å². The predicted molar refractivity (Wildman–Crippen MR) is 53.3 cm³/mol. The first-order valence-corrected chi connectivity index (χ1v) is 5.07. The maximum atomic E-state index is 11.6. The van der Waals surface area contributed by atoms with Crippen LogP contribution in [0.3, 0.4) is 0 Å². The fourth-order valence-corrected chi connectivity index (χ4v) is 1.54. The lowest BCUT2D eigenvalue weighted by Gasteiger charge is -2.20. The van der Waals surface area contributed by atoms with Gasteiger partial charge >= 0.3 is 0 Å². The number of ether oxygens (including phenoxy) is 1. The molecule has 0 radical (unpaired) electrons. The molecular weight excluding hydrogens is 196 g/mol. The summed E-state index contributed by atoms with van der Waals surface area (Å²) >= 11 is 0. The number of hydrogen-bond acceptors (Lipinski definition) is 4. The van der Waals surface area contributed by atoms with Gasteiger partial charge in [-0.3, -0.25) is 15.2 Å². The smallest absolute Gasteiger partial charge is 0.255 e. The Kier molecular flexibility index (Phi) is 2.96. The third-order valence-electron chi connectivity index (χ3n) is 2.30. The Morgan fingerprint density at radius 3 is 3.07 bits per heavy atom. The standard InChI is InChI=1S/C9H14N4O2/c1-6-10-9(13-12-6)11-8(14)7-4-2-3-5-15-7/h7H,2-5H2,1H3,(H2,10,11,12,13,14). The molecule has 2 N–H and O–H groups in total. The SMILES string of the molecule is Cc1nc(NC(=O)C2CCCCO2)n[nH]1. The lowest BCUT2D eigenvalue weighted by molar-refractivity contribution is -0.130. The van der Waals surface area contributed by atoms with Crippen molar-refractivity contribution in [3.8, 4) is 0 Å². The largest absolute Gasteiger partial charge is 0.368 e. The van der Waals surface area contributed by atoms with E-state index in [0.29, 0.717) is 18.4 Å². The van der Waals surface area contributed by atoms with Crippen molar-refractivity contribution >= 4 is 11.9 Å². The van der Waals surface area contributed by atoms with Gasteiger partial charge < -0.3 is 4.74 Å². The Hall–Kier alpha value is -1.43. The van der Waals surface area contributed by atoms with Crippen LogP contribution in [0.1, 0.15) is 25.1 Å². The highest BCUT2D eigenvalue weighted by atomic mass is 16.5. The van der Waals surface area contributed by atoms with Gasteiger partial charge in [0.25, 0.3) is 5.91 Å². The number of nitrogens with zero attached hydrogens (tertiary/aromatic N) is 2. The maximum Gasteiger partial charge on any atom is 0.255 e. The number of aromatic amines is 1. The lowest BCUT2D eigenvalue weighted by Crippen LogP contribution is -2.33. The topological polar surface area (TPSA) is 79.9 Å². The first-order valence-electron chi connectivity index (χ1n) is 5.07. The molecule has 0 aromatic carbocycles. The fraction of sp³-hybridized carbons (Fsp3) is 0.667. The van der Waals surface area contributed by atoms with Gasteiger partial charge in [0.2, 0.25) is 5.95 Å². The van der Waals surface area contributed by atoms with Crippen LogP contribution in [0.2, 0.25) is 0 Å². The number of amides is 1. The number of nitrogens with one attached hydrogen (secondary N) is 2. The third-order valence-corrected chi connectivity index (χ3v) is 2.30. The Labute approximate surface area is 87.4 Å². The molecule has 2 rings (SSSR count). The van der Waals surface area contributed by atoms with Crippen molar-refractivity contribution in [1.82, 2.24) is 15.2 Å². The monoisotopic (exact) mass is 210 g/mol. The average Bonchev–Trinajstić information content (AvgIpc) is 2.65. The van der Waals surface area contributed by atoms with E-state index < -0.39 is 0 Å². The van der Waals surface area contributed by atoms with Crippen LogP contribution >= 0.6 is 0 Å². The normalized spacial score (nSPS) is 21.3. The molecule has 0 aliphatic carbocycles. The molecule has 0 saturated carbocycles. The minimum absolute atomic E-state index is 0.159. The summed E-state index contributed by atoms with van der Waals surface area (Å²) in [4.78, 5) is 15.6. The quantitative estimate of drug-likeness (QED) is 0.750. The fourth-order valence-electron chi connectivity index (χ4n) is 1.54. The highest BCUT2D eigenvalue weighted by Crippen LogP contribution is 2.13. The molecule has 82 valence electrons. The minimum atomic E-state index is -0.349. The molecule has 1 aliphatic heterocycles. The molecular formula is C9H14N4O2. The summed E-state index contributed by atoms with van der Waals surface area (Å²) in [6, 6.07) is 0. The zero-order valence-corrected chi connectivity index (χ0v) is 8.62. The van der Waals surface area contributed by atoms with Crippen molar-refractivity contribution in [1.29, 1.82) is 0 Å². The van der Waals surface area contributed by atoms with E-state index in [1.54, 1.807) is 6.92 Å². The summed E-state index contributed by atoms with van der Waals surface area (Å²) in [5.74, 6) is 0.829. The maximum absolute atomic E-state index is 11.6. The second-order valence-corrected chi connectivity index (χ2v) is 3.59. The van der Waals surface area contributed by atoms with Crippen LogP contribution in [0.5, 0.6) is 0 Å². The highest BCUT2D eigenvalue weighted by Gasteiger charge is 2.22. The van der Waals surface area contributed by atoms with Gasteiger partial charge in [0.15, 0.2) is 0 Å². The molecule has 1 amide bonds. The summed E-state index contributed by atoms with van der Waals surface area (Å²) in [6.07, 6.45) is 2.49. The number of hydrogen-bond donors (Lipinski definition) is 2. The molecule has 1 aromatic rings. The number of aromatic nitrogens is 3. The molecule has 1 atom stereocenters. The number of aryl methyl sites for hydroxylation is 1. The van der Waals surface area contributed by atoms with E-state index in [1.807, 2.05) is 0 Å². The summed E-state index contributed by atoms with van der Waals surface area (Å²) in [5, 5.41) is 9.10. The van der Waals surface area contributed by atoms with Gasteiger partial charge in [-0.25, -0.2) is 0 Å².